The molecular weight excluding hydrogens is 993 g/mol. The Bertz CT molecular complexity index is 2410. The number of likely N-dealkylation sites (N-methyl/N-ethyl adjacent to an activating group) is 1. The van der Waals surface area contributed by atoms with Gasteiger partial charge in [-0.05, 0) is 64.5 Å². The van der Waals surface area contributed by atoms with Crippen molar-refractivity contribution in [2.24, 2.45) is 28.8 Å². The van der Waals surface area contributed by atoms with E-state index in [9.17, 15) is 28.8 Å². The number of nitrogens with zero attached hydrogens (tertiary/aromatic N) is 3. The molecule has 6 rings (SSSR count). The number of esters is 1. The summed E-state index contributed by atoms with van der Waals surface area (Å²) in [6.45, 7) is 13.2. The first-order chi connectivity index (χ1) is 35.8. The highest BCUT2D eigenvalue weighted by molar-refractivity contribution is 7.09. The molecule has 13 atom stereocenters. The van der Waals surface area contributed by atoms with Crippen LogP contribution in [0.1, 0.15) is 97.2 Å². The topological polar surface area (TPSA) is 235 Å². The molecule has 3 aliphatic heterocycles. The first-order valence-electron chi connectivity index (χ1n) is 25.4. The highest BCUT2D eigenvalue weighted by Crippen LogP contribution is 2.42. The van der Waals surface area contributed by atoms with Gasteiger partial charge in [-0.2, -0.15) is 0 Å². The molecule has 410 valence electrons. The number of aromatic nitrogens is 1. The van der Waals surface area contributed by atoms with Crippen molar-refractivity contribution < 1.29 is 76.2 Å². The molecule has 0 spiro atoms. The summed E-state index contributed by atoms with van der Waals surface area (Å²) in [7, 11) is 2.95. The van der Waals surface area contributed by atoms with Crippen LogP contribution in [0.3, 0.4) is 0 Å². The molecule has 0 radical (unpaired) electrons. The number of hydrogen-bond donors (Lipinski definition) is 1. The summed E-state index contributed by atoms with van der Waals surface area (Å²) in [6, 6.07) is 17.2. The number of nitrogens with one attached hydrogen (secondary N) is 1. The zero-order valence-corrected chi connectivity index (χ0v) is 45.2. The van der Waals surface area contributed by atoms with Crippen LogP contribution in [0.15, 0.2) is 77.4 Å². The number of thiazole rings is 1. The van der Waals surface area contributed by atoms with Gasteiger partial charge in [0.05, 0.1) is 34.6 Å². The number of amides is 2. The summed E-state index contributed by atoms with van der Waals surface area (Å²) in [5.41, 5.74) is -1.30. The molecule has 3 aromatic rings. The Morgan fingerprint density at radius 1 is 0.920 bits per heavy atom. The zero-order chi connectivity index (χ0) is 54.5. The molecule has 20 nitrogen and oxygen atoms in total. The molecule has 21 heteroatoms. The van der Waals surface area contributed by atoms with Crippen molar-refractivity contribution in [1.82, 2.24) is 15.2 Å². The predicted octanol–water partition coefficient (Wildman–Crippen LogP) is 7.98. The van der Waals surface area contributed by atoms with Gasteiger partial charge in [0, 0.05) is 56.5 Å². The molecule has 0 unspecified atom stereocenters. The molecule has 2 aromatic carbocycles. The minimum absolute atomic E-state index is 0.0254. The van der Waals surface area contributed by atoms with Crippen LogP contribution in [-0.2, 0) is 81.5 Å². The van der Waals surface area contributed by atoms with Crippen LogP contribution in [0.4, 0.5) is 14.4 Å². The highest BCUT2D eigenvalue weighted by atomic mass is 32.1. The van der Waals surface area contributed by atoms with Crippen molar-refractivity contribution in [3.05, 3.63) is 88.4 Å². The van der Waals surface area contributed by atoms with Crippen molar-refractivity contribution in [2.75, 3.05) is 27.3 Å². The van der Waals surface area contributed by atoms with Crippen molar-refractivity contribution in [1.29, 1.82) is 0 Å². The standard InChI is InChI=1S/C54H72N4O16S/c1-11-40-54(8)47(73-52(64)74-54)34(4)43(57-68-31-41(59)55-24-18-23-42-56-25-26-75-42)32(2)28-53(7,65-10)46(35(5)44(60)36(6)48(61)70-40)72-49-45(71-51(63)67-30-38-21-16-13-17-22-38)39(27-33(3)69-49)58(9)50(62)66-29-37-19-14-12-15-20-37/h12-17,19-22,25-26,32-36,39-40,45-47,49H,11,18,23-24,27-31H2,1-10H3,(H,55,59)/b57-43+/t32-,33-,34+,35+,36-,39+,40-,45-,46-,47-,49+,53+,54-/m1/s1. The number of carbonyl (C=O) groups excluding carboxylic acids is 6. The minimum Gasteiger partial charge on any atom is -0.457 e. The zero-order valence-electron chi connectivity index (χ0n) is 44.4. The third-order valence-corrected chi connectivity index (χ3v) is 15.1. The van der Waals surface area contributed by atoms with E-state index in [0.717, 1.165) is 10.6 Å². The van der Waals surface area contributed by atoms with E-state index >= 15 is 0 Å². The van der Waals surface area contributed by atoms with Crippen LogP contribution in [0, 0.1) is 23.7 Å². The summed E-state index contributed by atoms with van der Waals surface area (Å²) in [6.07, 6.45) is -6.39. The smallest absolute Gasteiger partial charge is 0.457 e. The van der Waals surface area contributed by atoms with Gasteiger partial charge >= 0.3 is 24.4 Å². The molecule has 0 bridgehead atoms. The molecule has 3 fully saturated rings. The molecular formula is C54H72N4O16S. The van der Waals surface area contributed by atoms with Crippen LogP contribution in [0.2, 0.25) is 0 Å². The molecule has 1 aromatic heterocycles. The van der Waals surface area contributed by atoms with Gasteiger partial charge in [0.2, 0.25) is 0 Å². The van der Waals surface area contributed by atoms with E-state index in [0.29, 0.717) is 30.7 Å². The molecule has 0 saturated carbocycles. The quantitative estimate of drug-likeness (QED) is 0.0443. The fraction of sp³-hybridized carbons (Fsp3) is 0.593. The summed E-state index contributed by atoms with van der Waals surface area (Å²) < 4.78 is 55.0. The lowest BCUT2D eigenvalue weighted by molar-refractivity contribution is -0.295. The number of benzene rings is 2. The number of hydrogen-bond acceptors (Lipinski definition) is 19. The largest absolute Gasteiger partial charge is 0.509 e. The van der Waals surface area contributed by atoms with Crippen molar-refractivity contribution in [2.45, 2.75) is 155 Å². The van der Waals surface area contributed by atoms with Crippen molar-refractivity contribution in [3.8, 4) is 0 Å². The lowest BCUT2D eigenvalue weighted by Crippen LogP contribution is -2.61. The SMILES string of the molecule is CC[C@H]1OC(=O)[C@H](C)C(=O)[C@H](C)[C@@H](O[C@@H]2O[C@H](C)C[C@H](N(C)C(=O)OCc3ccccc3)[C@H]2OC(=O)OCc2ccccc2)[C@@](C)(OC)C[C@@H](C)/C(=N\OCC(=O)NCCCc2nccs2)[C@H](C)[C@H]2OC(=O)O[C@@]21C. The highest BCUT2D eigenvalue weighted by Gasteiger charge is 2.59. The summed E-state index contributed by atoms with van der Waals surface area (Å²) >= 11 is 1.54. The van der Waals surface area contributed by atoms with E-state index < -0.39 is 120 Å². The van der Waals surface area contributed by atoms with Gasteiger partial charge in [-0.1, -0.05) is 93.5 Å². The fourth-order valence-electron chi connectivity index (χ4n) is 10.1. The van der Waals surface area contributed by atoms with E-state index in [2.05, 4.69) is 15.5 Å². The monoisotopic (exact) mass is 1060 g/mol. The van der Waals surface area contributed by atoms with E-state index in [1.54, 1.807) is 72.0 Å². The second kappa shape index (κ2) is 26.6. The maximum absolute atomic E-state index is 14.8. The van der Waals surface area contributed by atoms with Gasteiger partial charge in [0.1, 0.15) is 25.2 Å². The number of cyclic esters (lactones) is 1. The van der Waals surface area contributed by atoms with Gasteiger partial charge < -0.3 is 57.7 Å². The Morgan fingerprint density at radius 3 is 2.21 bits per heavy atom. The van der Waals surface area contributed by atoms with Crippen LogP contribution >= 0.6 is 11.3 Å². The molecule has 2 amide bonds. The number of oxime groups is 1. The number of fused-ring (bicyclic) bond motifs is 1. The number of ether oxygens (including phenoxy) is 9. The van der Waals surface area contributed by atoms with Crippen molar-refractivity contribution in [3.63, 3.8) is 0 Å². The van der Waals surface area contributed by atoms with Crippen LogP contribution in [0.5, 0.6) is 0 Å². The van der Waals surface area contributed by atoms with E-state index in [-0.39, 0.29) is 32.5 Å². The Hall–Kier alpha value is -6.16. The number of Topliss-reactive ketones (excluding diaryl/α,β-unsaturated/α-hetero) is 1. The third-order valence-electron chi connectivity index (χ3n) is 14.3. The van der Waals surface area contributed by atoms with Gasteiger partial charge in [-0.15, -0.1) is 11.3 Å². The lowest BCUT2D eigenvalue weighted by Gasteiger charge is -2.47. The van der Waals surface area contributed by atoms with Gasteiger partial charge in [-0.3, -0.25) is 14.4 Å². The Morgan fingerprint density at radius 2 is 1.59 bits per heavy atom. The summed E-state index contributed by atoms with van der Waals surface area (Å²) in [5.74, 6) is -5.93. The molecule has 75 heavy (non-hydrogen) atoms. The Kier molecular flexibility index (Phi) is 20.6. The Balaban J connectivity index is 1.36. The number of rotatable bonds is 17. The average molecular weight is 1070 g/mol. The number of aryl methyl sites for hydroxylation is 1. The number of ketones is 1. The number of carbonyl (C=O) groups is 6. The maximum Gasteiger partial charge on any atom is 0.509 e. The summed E-state index contributed by atoms with van der Waals surface area (Å²) in [4.78, 5) is 94.2. The molecule has 1 N–H and O–H groups in total. The maximum atomic E-state index is 14.8. The first kappa shape index (κ1) is 58.1. The van der Waals surface area contributed by atoms with Crippen LogP contribution < -0.4 is 5.32 Å². The predicted molar refractivity (Wildman–Crippen MR) is 272 cm³/mol. The van der Waals surface area contributed by atoms with Gasteiger partial charge in [0.25, 0.3) is 5.91 Å². The van der Waals surface area contributed by atoms with Crippen LogP contribution in [0.25, 0.3) is 0 Å². The van der Waals surface area contributed by atoms with E-state index in [1.165, 1.54) is 37.3 Å². The molecule has 4 heterocycles. The Labute approximate surface area is 442 Å². The second-order valence-electron chi connectivity index (χ2n) is 19.8. The molecule has 3 aliphatic rings. The minimum atomic E-state index is -1.56. The second-order valence-corrected chi connectivity index (χ2v) is 20.8. The van der Waals surface area contributed by atoms with Crippen molar-refractivity contribution >= 4 is 53.1 Å². The fourth-order valence-corrected chi connectivity index (χ4v) is 10.8. The molecule has 0 aliphatic carbocycles. The lowest BCUT2D eigenvalue weighted by atomic mass is 9.74. The first-order valence-corrected chi connectivity index (χ1v) is 26.3. The van der Waals surface area contributed by atoms with E-state index in [4.69, 9.17) is 47.5 Å². The van der Waals surface area contributed by atoms with Gasteiger partial charge in [0.15, 0.2) is 36.5 Å². The normalized spacial score (nSPS) is 30.9. The number of methoxy groups -OCH3 is 1. The third kappa shape index (κ3) is 14.8. The van der Waals surface area contributed by atoms with E-state index in [1.807, 2.05) is 48.7 Å². The molecule has 3 saturated heterocycles. The summed E-state index contributed by atoms with van der Waals surface area (Å²) in [5, 5.41) is 10.2. The van der Waals surface area contributed by atoms with Crippen LogP contribution in [-0.4, -0.2) is 133 Å². The average Bonchev–Trinajstić information content (AvgIpc) is 4.04. The van der Waals surface area contributed by atoms with Gasteiger partial charge in [-0.25, -0.2) is 19.4 Å².